The quantitative estimate of drug-likeness (QED) is 0.350. The van der Waals surface area contributed by atoms with E-state index in [1.165, 1.54) is 6.07 Å². The molecular formula is C12H15N3O5. The molecule has 1 aliphatic rings. The van der Waals surface area contributed by atoms with E-state index in [2.05, 4.69) is 5.32 Å². The Kier molecular flexibility index (Phi) is 4.49. The van der Waals surface area contributed by atoms with E-state index < -0.39 is 11.0 Å². The van der Waals surface area contributed by atoms with Crippen molar-refractivity contribution in [1.82, 2.24) is 0 Å². The highest BCUT2D eigenvalue weighted by Gasteiger charge is 2.22. The Morgan fingerprint density at radius 1 is 1.45 bits per heavy atom. The highest BCUT2D eigenvalue weighted by atomic mass is 16.6. The lowest BCUT2D eigenvalue weighted by atomic mass is 10.2. The molecule has 2 unspecified atom stereocenters. The van der Waals surface area contributed by atoms with E-state index in [9.17, 15) is 14.9 Å². The fourth-order valence-electron chi connectivity index (χ4n) is 1.83. The van der Waals surface area contributed by atoms with E-state index in [0.717, 1.165) is 0 Å². The van der Waals surface area contributed by atoms with Crippen LogP contribution in [0, 0.1) is 10.1 Å². The number of nitrogen functional groups attached to an aromatic ring is 1. The number of nitro groups is 1. The monoisotopic (exact) mass is 281 g/mol. The van der Waals surface area contributed by atoms with Gasteiger partial charge in [-0.15, -0.1) is 0 Å². The molecule has 0 bridgehead atoms. The highest BCUT2D eigenvalue weighted by Crippen LogP contribution is 2.26. The maximum absolute atomic E-state index is 10.9. The lowest BCUT2D eigenvalue weighted by Crippen LogP contribution is -2.40. The van der Waals surface area contributed by atoms with Gasteiger partial charge in [-0.05, 0) is 12.1 Å². The van der Waals surface area contributed by atoms with E-state index in [1.54, 1.807) is 12.1 Å². The summed E-state index contributed by atoms with van der Waals surface area (Å²) >= 11 is 0. The molecule has 0 amide bonds. The smallest absolute Gasteiger partial charge is 0.294 e. The summed E-state index contributed by atoms with van der Waals surface area (Å²) < 4.78 is 10.7. The Hall–Kier alpha value is -2.19. The van der Waals surface area contributed by atoms with Crippen molar-refractivity contribution < 1.29 is 19.2 Å². The zero-order valence-electron chi connectivity index (χ0n) is 10.7. The van der Waals surface area contributed by atoms with Crippen LogP contribution < -0.4 is 11.1 Å². The van der Waals surface area contributed by atoms with Crippen LogP contribution in [-0.4, -0.2) is 43.2 Å². The first-order chi connectivity index (χ1) is 9.60. The van der Waals surface area contributed by atoms with Gasteiger partial charge in [-0.2, -0.15) is 0 Å². The third kappa shape index (κ3) is 3.43. The molecule has 8 heteroatoms. The van der Waals surface area contributed by atoms with Crippen molar-refractivity contribution in [2.45, 2.75) is 12.2 Å². The predicted molar refractivity (Wildman–Crippen MR) is 71.5 cm³/mol. The van der Waals surface area contributed by atoms with Crippen molar-refractivity contribution in [3.8, 4) is 0 Å². The molecule has 1 aromatic rings. The van der Waals surface area contributed by atoms with Gasteiger partial charge in [0, 0.05) is 18.3 Å². The first kappa shape index (κ1) is 14.2. The summed E-state index contributed by atoms with van der Waals surface area (Å²) in [7, 11) is 0. The van der Waals surface area contributed by atoms with Gasteiger partial charge in [0.05, 0.1) is 24.2 Å². The molecule has 8 nitrogen and oxygen atoms in total. The Morgan fingerprint density at radius 2 is 2.25 bits per heavy atom. The van der Waals surface area contributed by atoms with Crippen molar-refractivity contribution in [2.75, 3.05) is 30.8 Å². The number of nitrogens with two attached hydrogens (primary N) is 1. The van der Waals surface area contributed by atoms with E-state index in [0.29, 0.717) is 24.2 Å². The molecule has 108 valence electrons. The van der Waals surface area contributed by atoms with Crippen LogP contribution in [0.3, 0.4) is 0 Å². The van der Waals surface area contributed by atoms with Crippen molar-refractivity contribution in [1.29, 1.82) is 0 Å². The average molecular weight is 281 g/mol. The molecule has 0 aromatic heterocycles. The number of rotatable bonds is 5. The van der Waals surface area contributed by atoms with Gasteiger partial charge in [-0.25, -0.2) is 0 Å². The summed E-state index contributed by atoms with van der Waals surface area (Å²) in [6.45, 7) is 0.801. The van der Waals surface area contributed by atoms with Gasteiger partial charge >= 0.3 is 0 Å². The second-order valence-corrected chi connectivity index (χ2v) is 4.38. The van der Waals surface area contributed by atoms with Crippen molar-refractivity contribution in [2.24, 2.45) is 0 Å². The lowest BCUT2D eigenvalue weighted by molar-refractivity contribution is -0.383. The number of benzene rings is 1. The summed E-state index contributed by atoms with van der Waals surface area (Å²) in [6, 6.07) is 4.42. The Morgan fingerprint density at radius 3 is 2.85 bits per heavy atom. The summed E-state index contributed by atoms with van der Waals surface area (Å²) in [4.78, 5) is 20.9. The molecule has 1 heterocycles. The third-order valence-corrected chi connectivity index (χ3v) is 2.88. The van der Waals surface area contributed by atoms with Crippen LogP contribution in [-0.2, 0) is 14.3 Å². The minimum absolute atomic E-state index is 0.0903. The highest BCUT2D eigenvalue weighted by molar-refractivity contribution is 5.66. The SMILES string of the molecule is Nc1ccc(NCC2COC(C=O)CO2)c([N+](=O)[O-])c1. The minimum atomic E-state index is -0.530. The third-order valence-electron chi connectivity index (χ3n) is 2.88. The predicted octanol–water partition coefficient (Wildman–Crippen LogP) is 0.572. The van der Waals surface area contributed by atoms with Gasteiger partial charge in [0.1, 0.15) is 11.8 Å². The van der Waals surface area contributed by atoms with E-state index in [-0.39, 0.29) is 25.0 Å². The van der Waals surface area contributed by atoms with Crippen molar-refractivity contribution in [3.05, 3.63) is 28.3 Å². The fourth-order valence-corrected chi connectivity index (χ4v) is 1.83. The number of ether oxygens (including phenoxy) is 2. The number of aldehydes is 1. The molecule has 0 aliphatic carbocycles. The number of nitrogens with zero attached hydrogens (tertiary/aromatic N) is 1. The molecule has 1 fully saturated rings. The van der Waals surface area contributed by atoms with Gasteiger partial charge < -0.3 is 25.3 Å². The Balaban J connectivity index is 1.94. The molecule has 1 aromatic carbocycles. The number of nitrogens with one attached hydrogen (secondary N) is 1. The van der Waals surface area contributed by atoms with Gasteiger partial charge in [-0.1, -0.05) is 0 Å². The molecule has 1 aliphatic heterocycles. The van der Waals surface area contributed by atoms with E-state index >= 15 is 0 Å². The van der Waals surface area contributed by atoms with Crippen LogP contribution in [0.1, 0.15) is 0 Å². The van der Waals surface area contributed by atoms with E-state index in [4.69, 9.17) is 15.2 Å². The van der Waals surface area contributed by atoms with Gasteiger partial charge in [0.25, 0.3) is 5.69 Å². The van der Waals surface area contributed by atoms with Crippen LogP contribution in [0.4, 0.5) is 17.1 Å². The van der Waals surface area contributed by atoms with Gasteiger partial charge in [0.2, 0.25) is 0 Å². The standard InChI is InChI=1S/C12H15N3O5/c13-8-1-2-11(12(3-8)15(17)18)14-4-9-6-20-10(5-16)7-19-9/h1-3,5,9-10,14H,4,6-7,13H2. The molecule has 20 heavy (non-hydrogen) atoms. The second kappa shape index (κ2) is 6.31. The summed E-state index contributed by atoms with van der Waals surface area (Å²) in [5.41, 5.74) is 6.13. The first-order valence-corrected chi connectivity index (χ1v) is 6.06. The van der Waals surface area contributed by atoms with E-state index in [1.807, 2.05) is 0 Å². The number of nitro benzene ring substituents is 1. The van der Waals surface area contributed by atoms with Gasteiger partial charge in [0.15, 0.2) is 6.29 Å². The largest absolute Gasteiger partial charge is 0.399 e. The zero-order chi connectivity index (χ0) is 14.5. The second-order valence-electron chi connectivity index (χ2n) is 4.38. The van der Waals surface area contributed by atoms with Crippen LogP contribution in [0.25, 0.3) is 0 Å². The number of anilines is 2. The summed E-state index contributed by atoms with van der Waals surface area (Å²) in [5.74, 6) is 0. The lowest BCUT2D eigenvalue weighted by Gasteiger charge is -2.27. The number of carbonyl (C=O) groups is 1. The zero-order valence-corrected chi connectivity index (χ0v) is 10.7. The molecule has 0 radical (unpaired) electrons. The fraction of sp³-hybridized carbons (Fsp3) is 0.417. The maximum Gasteiger partial charge on any atom is 0.294 e. The van der Waals surface area contributed by atoms with Gasteiger partial charge in [-0.3, -0.25) is 10.1 Å². The Bertz CT molecular complexity index is 500. The topological polar surface area (TPSA) is 117 Å². The van der Waals surface area contributed by atoms with Crippen molar-refractivity contribution >= 4 is 23.3 Å². The molecule has 1 saturated heterocycles. The first-order valence-electron chi connectivity index (χ1n) is 6.06. The molecule has 2 rings (SSSR count). The summed E-state index contributed by atoms with van der Waals surface area (Å²) in [5, 5.41) is 13.9. The summed E-state index contributed by atoms with van der Waals surface area (Å²) in [6.07, 6.45) is -0.102. The van der Waals surface area contributed by atoms with Crippen LogP contribution in [0.15, 0.2) is 18.2 Å². The average Bonchev–Trinajstić information content (AvgIpc) is 2.46. The molecular weight excluding hydrogens is 266 g/mol. The molecule has 3 N–H and O–H groups in total. The number of hydrogen-bond acceptors (Lipinski definition) is 7. The maximum atomic E-state index is 10.9. The van der Waals surface area contributed by atoms with Crippen LogP contribution in [0.5, 0.6) is 0 Å². The normalized spacial score (nSPS) is 22.2. The molecule has 0 saturated carbocycles. The minimum Gasteiger partial charge on any atom is -0.399 e. The van der Waals surface area contributed by atoms with Crippen LogP contribution >= 0.6 is 0 Å². The number of hydrogen-bond donors (Lipinski definition) is 2. The van der Waals surface area contributed by atoms with Crippen molar-refractivity contribution in [3.63, 3.8) is 0 Å². The van der Waals surface area contributed by atoms with Crippen LogP contribution in [0.2, 0.25) is 0 Å². The Labute approximate surface area is 115 Å². The molecule has 0 spiro atoms. The molecule has 2 atom stereocenters. The number of carbonyl (C=O) groups excluding carboxylic acids is 1.